The van der Waals surface area contributed by atoms with Crippen LogP contribution in [0.3, 0.4) is 0 Å². The van der Waals surface area contributed by atoms with Gasteiger partial charge in [0.15, 0.2) is 0 Å². The third-order valence-corrected chi connectivity index (χ3v) is 2.68. The number of aromatic amines is 1. The lowest BCUT2D eigenvalue weighted by Gasteiger charge is -2.15. The molecule has 0 radical (unpaired) electrons. The summed E-state index contributed by atoms with van der Waals surface area (Å²) >= 11 is 0. The summed E-state index contributed by atoms with van der Waals surface area (Å²) in [7, 11) is 0. The molecule has 0 aliphatic heterocycles. The molecule has 4 nitrogen and oxygen atoms in total. The van der Waals surface area contributed by atoms with Crippen molar-refractivity contribution in [3.05, 3.63) is 54.1 Å². The molecule has 0 bridgehead atoms. The number of nitrogens with zero attached hydrogens (tertiary/aromatic N) is 1. The molecule has 1 aromatic heterocycles. The molecule has 0 amide bonds. The lowest BCUT2D eigenvalue weighted by Crippen LogP contribution is -2.34. The molecule has 4 heteroatoms. The van der Waals surface area contributed by atoms with Gasteiger partial charge in [-0.3, -0.25) is 0 Å². The maximum Gasteiger partial charge on any atom is 0.0922 e. The standard InChI is InChI=1S/C13H17N3O/c17-9-12(6-11-4-2-1-3-5-11)15-8-13-7-14-10-16-13/h1-5,7,10,12,15,17H,6,8-9H2,(H,14,16). The van der Waals surface area contributed by atoms with Crippen molar-refractivity contribution in [2.75, 3.05) is 6.61 Å². The van der Waals surface area contributed by atoms with E-state index in [0.29, 0.717) is 6.54 Å². The summed E-state index contributed by atoms with van der Waals surface area (Å²) in [6, 6.07) is 10.2. The van der Waals surface area contributed by atoms with Gasteiger partial charge >= 0.3 is 0 Å². The molecule has 1 atom stereocenters. The van der Waals surface area contributed by atoms with Gasteiger partial charge in [-0.2, -0.15) is 0 Å². The number of H-pyrrole nitrogens is 1. The van der Waals surface area contributed by atoms with Crippen molar-refractivity contribution < 1.29 is 5.11 Å². The molecule has 0 aliphatic carbocycles. The molecule has 0 saturated carbocycles. The molecule has 2 aromatic rings. The first-order valence-electron chi connectivity index (χ1n) is 5.74. The highest BCUT2D eigenvalue weighted by atomic mass is 16.3. The summed E-state index contributed by atoms with van der Waals surface area (Å²) < 4.78 is 0. The van der Waals surface area contributed by atoms with Crippen LogP contribution in [0.5, 0.6) is 0 Å². The van der Waals surface area contributed by atoms with Crippen LogP contribution in [0.1, 0.15) is 11.3 Å². The molecule has 1 heterocycles. The van der Waals surface area contributed by atoms with E-state index >= 15 is 0 Å². The molecule has 0 fully saturated rings. The van der Waals surface area contributed by atoms with Gasteiger partial charge in [-0.1, -0.05) is 30.3 Å². The third kappa shape index (κ3) is 3.69. The van der Waals surface area contributed by atoms with E-state index < -0.39 is 0 Å². The minimum Gasteiger partial charge on any atom is -0.395 e. The second-order valence-electron chi connectivity index (χ2n) is 4.03. The maximum atomic E-state index is 9.33. The number of benzene rings is 1. The van der Waals surface area contributed by atoms with Crippen LogP contribution in [-0.2, 0) is 13.0 Å². The van der Waals surface area contributed by atoms with Gasteiger partial charge in [-0.05, 0) is 12.0 Å². The molecular formula is C13H17N3O. The Bertz CT molecular complexity index is 413. The molecule has 90 valence electrons. The second-order valence-corrected chi connectivity index (χ2v) is 4.03. The van der Waals surface area contributed by atoms with Gasteiger partial charge in [0.1, 0.15) is 0 Å². The van der Waals surface area contributed by atoms with Crippen LogP contribution in [0, 0.1) is 0 Å². The Morgan fingerprint density at radius 3 is 2.76 bits per heavy atom. The zero-order valence-corrected chi connectivity index (χ0v) is 9.63. The quantitative estimate of drug-likeness (QED) is 0.697. The minimum atomic E-state index is 0.0701. The molecule has 1 unspecified atom stereocenters. The van der Waals surface area contributed by atoms with Crippen LogP contribution in [0.2, 0.25) is 0 Å². The molecule has 1 aromatic carbocycles. The average molecular weight is 231 g/mol. The monoisotopic (exact) mass is 231 g/mol. The highest BCUT2D eigenvalue weighted by Crippen LogP contribution is 2.03. The highest BCUT2D eigenvalue weighted by Gasteiger charge is 2.07. The molecule has 17 heavy (non-hydrogen) atoms. The lowest BCUT2D eigenvalue weighted by atomic mass is 10.1. The Balaban J connectivity index is 1.85. The molecule has 3 N–H and O–H groups in total. The number of aromatic nitrogens is 2. The van der Waals surface area contributed by atoms with E-state index in [1.54, 1.807) is 12.5 Å². The van der Waals surface area contributed by atoms with Crippen molar-refractivity contribution in [2.24, 2.45) is 0 Å². The first-order valence-corrected chi connectivity index (χ1v) is 5.74. The van der Waals surface area contributed by atoms with Crippen molar-refractivity contribution in [3.63, 3.8) is 0 Å². The van der Waals surface area contributed by atoms with Gasteiger partial charge in [0.2, 0.25) is 0 Å². The van der Waals surface area contributed by atoms with E-state index in [4.69, 9.17) is 0 Å². The Labute approximate surface area is 101 Å². The van der Waals surface area contributed by atoms with Crippen LogP contribution < -0.4 is 5.32 Å². The van der Waals surface area contributed by atoms with Crippen molar-refractivity contribution in [3.8, 4) is 0 Å². The maximum absolute atomic E-state index is 9.33. The SMILES string of the molecule is OCC(Cc1ccccc1)NCc1cnc[nH]1. The van der Waals surface area contributed by atoms with E-state index in [0.717, 1.165) is 12.1 Å². The number of rotatable bonds is 6. The van der Waals surface area contributed by atoms with E-state index in [1.807, 2.05) is 18.2 Å². The van der Waals surface area contributed by atoms with Gasteiger partial charge in [-0.15, -0.1) is 0 Å². The third-order valence-electron chi connectivity index (χ3n) is 2.68. The van der Waals surface area contributed by atoms with E-state index in [1.165, 1.54) is 5.56 Å². The van der Waals surface area contributed by atoms with Crippen LogP contribution in [0.25, 0.3) is 0 Å². The number of aliphatic hydroxyl groups is 1. The van der Waals surface area contributed by atoms with Crippen molar-refractivity contribution in [1.82, 2.24) is 15.3 Å². The normalized spacial score (nSPS) is 12.5. The van der Waals surface area contributed by atoms with Gasteiger partial charge in [0.05, 0.1) is 12.9 Å². The van der Waals surface area contributed by atoms with Gasteiger partial charge < -0.3 is 15.4 Å². The van der Waals surface area contributed by atoms with E-state index in [2.05, 4.69) is 27.4 Å². The average Bonchev–Trinajstić information content (AvgIpc) is 2.89. The fraction of sp³-hybridized carbons (Fsp3) is 0.308. The summed E-state index contributed by atoms with van der Waals surface area (Å²) in [4.78, 5) is 6.98. The number of nitrogens with one attached hydrogen (secondary N) is 2. The number of hydrogen-bond acceptors (Lipinski definition) is 3. The zero-order chi connectivity index (χ0) is 11.9. The predicted molar refractivity (Wildman–Crippen MR) is 66.4 cm³/mol. The molecule has 0 saturated heterocycles. The Hall–Kier alpha value is -1.65. The van der Waals surface area contributed by atoms with E-state index in [-0.39, 0.29) is 12.6 Å². The second kappa shape index (κ2) is 6.18. The van der Waals surface area contributed by atoms with Crippen molar-refractivity contribution in [1.29, 1.82) is 0 Å². The molecular weight excluding hydrogens is 214 g/mol. The summed E-state index contributed by atoms with van der Waals surface area (Å²) in [6.45, 7) is 0.821. The number of hydrogen-bond donors (Lipinski definition) is 3. The van der Waals surface area contributed by atoms with Gasteiger partial charge in [0, 0.05) is 24.5 Å². The molecule has 0 spiro atoms. The van der Waals surface area contributed by atoms with Crippen molar-refractivity contribution >= 4 is 0 Å². The van der Waals surface area contributed by atoms with Gasteiger partial charge in [-0.25, -0.2) is 4.98 Å². The lowest BCUT2D eigenvalue weighted by molar-refractivity contribution is 0.240. The number of imidazole rings is 1. The Morgan fingerprint density at radius 2 is 2.12 bits per heavy atom. The summed E-state index contributed by atoms with van der Waals surface area (Å²) in [6.07, 6.45) is 4.26. The van der Waals surface area contributed by atoms with E-state index in [9.17, 15) is 5.11 Å². The summed E-state index contributed by atoms with van der Waals surface area (Å²) in [5.74, 6) is 0. The minimum absolute atomic E-state index is 0.0701. The fourth-order valence-corrected chi connectivity index (χ4v) is 1.74. The molecule has 2 rings (SSSR count). The predicted octanol–water partition coefficient (Wildman–Crippen LogP) is 1.10. The first kappa shape index (κ1) is 11.8. The van der Waals surface area contributed by atoms with Crippen molar-refractivity contribution in [2.45, 2.75) is 19.0 Å². The summed E-state index contributed by atoms with van der Waals surface area (Å²) in [5, 5.41) is 12.6. The Morgan fingerprint density at radius 1 is 1.29 bits per heavy atom. The highest BCUT2D eigenvalue weighted by molar-refractivity contribution is 5.16. The first-order chi connectivity index (χ1) is 8.38. The fourth-order valence-electron chi connectivity index (χ4n) is 1.74. The van der Waals surface area contributed by atoms with Crippen LogP contribution in [0.15, 0.2) is 42.9 Å². The molecule has 0 aliphatic rings. The van der Waals surface area contributed by atoms with Crippen LogP contribution in [-0.4, -0.2) is 27.7 Å². The topological polar surface area (TPSA) is 60.9 Å². The summed E-state index contributed by atoms with van der Waals surface area (Å²) in [5.41, 5.74) is 2.25. The zero-order valence-electron chi connectivity index (χ0n) is 9.63. The smallest absolute Gasteiger partial charge is 0.0922 e. The number of aliphatic hydroxyl groups excluding tert-OH is 1. The van der Waals surface area contributed by atoms with Crippen LogP contribution >= 0.6 is 0 Å². The van der Waals surface area contributed by atoms with Gasteiger partial charge in [0.25, 0.3) is 0 Å². The Kier molecular flexibility index (Phi) is 4.30. The largest absolute Gasteiger partial charge is 0.395 e. The van der Waals surface area contributed by atoms with Crippen LogP contribution in [0.4, 0.5) is 0 Å².